The van der Waals surface area contributed by atoms with Crippen LogP contribution in [-0.4, -0.2) is 34.5 Å². The normalized spacial score (nSPS) is 23.2. The average molecular weight is 363 g/mol. The van der Waals surface area contributed by atoms with Gasteiger partial charge in [0, 0.05) is 34.5 Å². The molecule has 0 bridgehead atoms. The van der Waals surface area contributed by atoms with Crippen LogP contribution in [0.25, 0.3) is 0 Å². The van der Waals surface area contributed by atoms with Crippen LogP contribution in [0.4, 0.5) is 0 Å². The molecule has 2 unspecified atom stereocenters. The molecule has 5 heteroatoms. The minimum absolute atomic E-state index is 0.212. The maximum absolute atomic E-state index is 6.42. The van der Waals surface area contributed by atoms with Crippen LogP contribution in [0.15, 0.2) is 15.9 Å². The Morgan fingerprint density at radius 3 is 2.74 bits per heavy atom. The van der Waals surface area contributed by atoms with E-state index in [2.05, 4.69) is 65.5 Å². The molecule has 2 nitrogen and oxygen atoms in total. The Kier molecular flexibility index (Phi) is 5.40. The summed E-state index contributed by atoms with van der Waals surface area (Å²) in [6.45, 7) is 9.11. The van der Waals surface area contributed by atoms with E-state index in [9.17, 15) is 0 Å². The van der Waals surface area contributed by atoms with Gasteiger partial charge in [-0.15, -0.1) is 11.3 Å². The Morgan fingerprint density at radius 2 is 2.21 bits per heavy atom. The van der Waals surface area contributed by atoms with Gasteiger partial charge in [0.05, 0.1) is 9.83 Å². The van der Waals surface area contributed by atoms with Crippen molar-refractivity contribution in [1.82, 2.24) is 4.90 Å². The quantitative estimate of drug-likeness (QED) is 0.873. The summed E-state index contributed by atoms with van der Waals surface area (Å²) in [6, 6.07) is 4.94. The van der Waals surface area contributed by atoms with Gasteiger partial charge in [0.15, 0.2) is 0 Å². The third kappa shape index (κ3) is 3.97. The van der Waals surface area contributed by atoms with Crippen molar-refractivity contribution in [3.8, 4) is 0 Å². The zero-order chi connectivity index (χ0) is 14.0. The summed E-state index contributed by atoms with van der Waals surface area (Å²) in [6.07, 6.45) is 1.02. The monoisotopic (exact) mass is 362 g/mol. The first kappa shape index (κ1) is 15.8. The van der Waals surface area contributed by atoms with E-state index in [0.717, 1.165) is 19.5 Å². The molecule has 19 heavy (non-hydrogen) atoms. The summed E-state index contributed by atoms with van der Waals surface area (Å²) in [7, 11) is 0. The molecule has 0 spiro atoms. The van der Waals surface area contributed by atoms with Gasteiger partial charge in [-0.3, -0.25) is 4.90 Å². The highest BCUT2D eigenvalue weighted by Gasteiger charge is 2.34. The third-order valence-corrected chi connectivity index (χ3v) is 6.60. The molecule has 2 N–H and O–H groups in total. The van der Waals surface area contributed by atoms with Crippen molar-refractivity contribution < 1.29 is 0 Å². The van der Waals surface area contributed by atoms with Crippen molar-refractivity contribution in [3.05, 3.63) is 20.8 Å². The predicted molar refractivity (Wildman–Crippen MR) is 91.1 cm³/mol. The largest absolute Gasteiger partial charge is 0.326 e. The lowest BCUT2D eigenvalue weighted by atomic mass is 10.0. The molecule has 0 amide bonds. The third-order valence-electron chi connectivity index (χ3n) is 3.61. The molecule has 2 heterocycles. The highest BCUT2D eigenvalue weighted by atomic mass is 79.9. The smallest absolute Gasteiger partial charge is 0.0702 e. The second-order valence-corrected chi connectivity index (χ2v) is 10.0. The molecule has 2 atom stereocenters. The fourth-order valence-electron chi connectivity index (χ4n) is 2.66. The highest BCUT2D eigenvalue weighted by molar-refractivity contribution is 9.11. The summed E-state index contributed by atoms with van der Waals surface area (Å²) in [5.41, 5.74) is 6.42. The Morgan fingerprint density at radius 1 is 1.47 bits per heavy atom. The van der Waals surface area contributed by atoms with E-state index in [1.54, 1.807) is 0 Å². The van der Waals surface area contributed by atoms with Crippen LogP contribution in [-0.2, 0) is 0 Å². The van der Waals surface area contributed by atoms with Crippen LogP contribution in [0.5, 0.6) is 0 Å². The second-order valence-electron chi connectivity index (χ2n) is 5.74. The van der Waals surface area contributed by atoms with Gasteiger partial charge >= 0.3 is 0 Å². The topological polar surface area (TPSA) is 29.3 Å². The van der Waals surface area contributed by atoms with E-state index in [0.29, 0.717) is 10.8 Å². The fourth-order valence-corrected chi connectivity index (χ4v) is 5.43. The van der Waals surface area contributed by atoms with Gasteiger partial charge in [0.2, 0.25) is 0 Å². The van der Waals surface area contributed by atoms with Crippen LogP contribution in [0.1, 0.15) is 38.1 Å². The maximum atomic E-state index is 6.42. The number of rotatable bonds is 4. The molecule has 1 saturated heterocycles. The van der Waals surface area contributed by atoms with Crippen molar-refractivity contribution in [2.75, 3.05) is 18.8 Å². The summed E-state index contributed by atoms with van der Waals surface area (Å²) in [5, 5.41) is 0. The Bertz CT molecular complexity index is 419. The zero-order valence-electron chi connectivity index (χ0n) is 11.9. The molecule has 0 aliphatic carbocycles. The van der Waals surface area contributed by atoms with Crippen molar-refractivity contribution in [3.63, 3.8) is 0 Å². The zero-order valence-corrected chi connectivity index (χ0v) is 15.1. The molecule has 108 valence electrons. The van der Waals surface area contributed by atoms with E-state index in [-0.39, 0.29) is 6.04 Å². The number of halogens is 1. The minimum atomic E-state index is 0.212. The Labute approximate surface area is 133 Å². The molecule has 1 aliphatic heterocycles. The summed E-state index contributed by atoms with van der Waals surface area (Å²) >= 11 is 7.47. The van der Waals surface area contributed by atoms with Crippen LogP contribution in [0.3, 0.4) is 0 Å². The molecule has 1 fully saturated rings. The molecular formula is C14H23BrN2S2. The van der Waals surface area contributed by atoms with Crippen molar-refractivity contribution in [2.24, 2.45) is 5.73 Å². The predicted octanol–water partition coefficient (Wildman–Crippen LogP) is 4.12. The van der Waals surface area contributed by atoms with Crippen LogP contribution < -0.4 is 5.73 Å². The van der Waals surface area contributed by atoms with E-state index in [4.69, 9.17) is 5.73 Å². The van der Waals surface area contributed by atoms with Gasteiger partial charge in [-0.2, -0.15) is 11.8 Å². The van der Waals surface area contributed by atoms with Gasteiger partial charge in [-0.1, -0.05) is 6.92 Å². The van der Waals surface area contributed by atoms with Crippen LogP contribution in [0, 0.1) is 0 Å². The first-order chi connectivity index (χ1) is 8.93. The minimum Gasteiger partial charge on any atom is -0.326 e. The average Bonchev–Trinajstić information content (AvgIpc) is 2.74. The van der Waals surface area contributed by atoms with Gasteiger partial charge < -0.3 is 5.73 Å². The van der Waals surface area contributed by atoms with Crippen LogP contribution in [0.2, 0.25) is 0 Å². The number of hydrogen-bond acceptors (Lipinski definition) is 4. The van der Waals surface area contributed by atoms with E-state index in [1.807, 2.05) is 11.3 Å². The molecule has 0 saturated carbocycles. The van der Waals surface area contributed by atoms with Crippen molar-refractivity contribution in [2.45, 2.75) is 44.0 Å². The van der Waals surface area contributed by atoms with E-state index >= 15 is 0 Å². The lowest BCUT2D eigenvalue weighted by Gasteiger charge is -2.43. The molecule has 0 radical (unpaired) electrons. The second kappa shape index (κ2) is 6.48. The lowest BCUT2D eigenvalue weighted by Crippen LogP contribution is -2.49. The SMILES string of the molecule is CCC(N)C(c1ccc(Br)s1)N1CCSC(C)(C)C1. The van der Waals surface area contributed by atoms with Crippen molar-refractivity contribution >= 4 is 39.0 Å². The van der Waals surface area contributed by atoms with Gasteiger partial charge in [0.25, 0.3) is 0 Å². The van der Waals surface area contributed by atoms with Crippen molar-refractivity contribution in [1.29, 1.82) is 0 Å². The maximum Gasteiger partial charge on any atom is 0.0702 e. The van der Waals surface area contributed by atoms with E-state index < -0.39 is 0 Å². The van der Waals surface area contributed by atoms with Crippen LogP contribution >= 0.6 is 39.0 Å². The highest BCUT2D eigenvalue weighted by Crippen LogP contribution is 2.38. The summed E-state index contributed by atoms with van der Waals surface area (Å²) in [4.78, 5) is 3.98. The van der Waals surface area contributed by atoms with E-state index in [1.165, 1.54) is 14.4 Å². The first-order valence-corrected chi connectivity index (χ1v) is 9.41. The molecule has 1 aromatic rings. The lowest BCUT2D eigenvalue weighted by molar-refractivity contribution is 0.164. The summed E-state index contributed by atoms with van der Waals surface area (Å²) in [5.74, 6) is 1.20. The van der Waals surface area contributed by atoms with Gasteiger partial charge in [-0.25, -0.2) is 0 Å². The molecule has 1 aliphatic rings. The number of thiophene rings is 1. The number of hydrogen-bond donors (Lipinski definition) is 1. The molecule has 1 aromatic heterocycles. The number of nitrogens with zero attached hydrogens (tertiary/aromatic N) is 1. The standard InChI is InChI=1S/C14H23BrN2S2/c1-4-10(16)13(11-5-6-12(15)19-11)17-7-8-18-14(2,3)9-17/h5-6,10,13H,4,7-9,16H2,1-3H3. The van der Waals surface area contributed by atoms with Gasteiger partial charge in [0.1, 0.15) is 0 Å². The first-order valence-electron chi connectivity index (χ1n) is 6.82. The van der Waals surface area contributed by atoms with Gasteiger partial charge in [-0.05, 0) is 48.3 Å². The Balaban J connectivity index is 2.22. The molecule has 2 rings (SSSR count). The fraction of sp³-hybridized carbons (Fsp3) is 0.714. The number of thioether (sulfide) groups is 1. The molecule has 0 aromatic carbocycles. The number of nitrogens with two attached hydrogens (primary N) is 1. The Hall–Kier alpha value is 0.450. The molecular weight excluding hydrogens is 340 g/mol. The summed E-state index contributed by atoms with van der Waals surface area (Å²) < 4.78 is 1.53.